The maximum atomic E-state index is 9.85. The zero-order valence-electron chi connectivity index (χ0n) is 9.85. The van der Waals surface area contributed by atoms with Crippen LogP contribution in [0.3, 0.4) is 0 Å². The maximum Gasteiger partial charge on any atom is 0.0624 e. The van der Waals surface area contributed by atoms with E-state index in [0.29, 0.717) is 12.0 Å². The van der Waals surface area contributed by atoms with Gasteiger partial charge in [0.25, 0.3) is 0 Å². The lowest BCUT2D eigenvalue weighted by Gasteiger charge is -2.33. The summed E-state index contributed by atoms with van der Waals surface area (Å²) in [5.74, 6) is 1.21. The van der Waals surface area contributed by atoms with Gasteiger partial charge in [-0.05, 0) is 39.2 Å². The lowest BCUT2D eigenvalue weighted by atomic mass is 9.97. The van der Waals surface area contributed by atoms with E-state index in [9.17, 15) is 5.11 Å². The van der Waals surface area contributed by atoms with Gasteiger partial charge in [0.05, 0.1) is 12.7 Å². The summed E-state index contributed by atoms with van der Waals surface area (Å²) >= 11 is 0. The minimum Gasteiger partial charge on any atom is -0.393 e. The third kappa shape index (κ3) is 2.92. The van der Waals surface area contributed by atoms with E-state index in [0.717, 1.165) is 32.1 Å². The molecule has 0 aromatic rings. The van der Waals surface area contributed by atoms with Gasteiger partial charge in [-0.3, -0.25) is 0 Å². The number of hydrogen-bond donors (Lipinski definition) is 1. The first-order chi connectivity index (χ1) is 7.18. The number of hydrogen-bond acceptors (Lipinski definition) is 3. The van der Waals surface area contributed by atoms with E-state index in [4.69, 9.17) is 4.74 Å². The van der Waals surface area contributed by atoms with Crippen molar-refractivity contribution < 1.29 is 9.84 Å². The molecule has 0 spiro atoms. The Labute approximate surface area is 92.4 Å². The molecule has 1 N–H and O–H groups in total. The second-order valence-corrected chi connectivity index (χ2v) is 5.21. The summed E-state index contributed by atoms with van der Waals surface area (Å²) < 4.78 is 5.42. The fraction of sp³-hybridized carbons (Fsp3) is 1.00. The van der Waals surface area contributed by atoms with Crippen LogP contribution < -0.4 is 0 Å². The predicted octanol–water partition coefficient (Wildman–Crippen LogP) is 1.11. The van der Waals surface area contributed by atoms with E-state index in [1.807, 2.05) is 0 Å². The van der Waals surface area contributed by atoms with E-state index in [1.165, 1.54) is 12.8 Å². The average Bonchev–Trinajstić information content (AvgIpc) is 3.04. The lowest BCUT2D eigenvalue weighted by molar-refractivity contribution is -0.0479. The highest BCUT2D eigenvalue weighted by Gasteiger charge is 2.33. The zero-order valence-corrected chi connectivity index (χ0v) is 9.85. The Hall–Kier alpha value is -0.120. The fourth-order valence-electron chi connectivity index (χ4n) is 2.43. The molecule has 0 aromatic heterocycles. The summed E-state index contributed by atoms with van der Waals surface area (Å²) in [5.41, 5.74) is 0. The number of aliphatic hydroxyl groups excluding tert-OH is 1. The summed E-state index contributed by atoms with van der Waals surface area (Å²) in [6, 6.07) is 0.666. The van der Waals surface area contributed by atoms with E-state index in [-0.39, 0.29) is 6.10 Å². The number of rotatable bonds is 4. The van der Waals surface area contributed by atoms with E-state index < -0.39 is 0 Å². The van der Waals surface area contributed by atoms with Gasteiger partial charge in [0.1, 0.15) is 0 Å². The highest BCUT2D eigenvalue weighted by molar-refractivity contribution is 4.86. The van der Waals surface area contributed by atoms with Crippen LogP contribution in [-0.4, -0.2) is 49.0 Å². The molecule has 3 unspecified atom stereocenters. The van der Waals surface area contributed by atoms with E-state index >= 15 is 0 Å². The van der Waals surface area contributed by atoms with Gasteiger partial charge in [0.2, 0.25) is 0 Å². The monoisotopic (exact) mass is 213 g/mol. The smallest absolute Gasteiger partial charge is 0.0624 e. The molecule has 3 atom stereocenters. The van der Waals surface area contributed by atoms with Crippen LogP contribution in [-0.2, 0) is 4.74 Å². The quantitative estimate of drug-likeness (QED) is 0.759. The van der Waals surface area contributed by atoms with Gasteiger partial charge < -0.3 is 14.7 Å². The standard InChI is InChI=1S/C12H23NO2/c1-9(10-3-4-10)13(2)7-11-8-15-6-5-12(11)14/h9-12,14H,3-8H2,1-2H3. The van der Waals surface area contributed by atoms with Crippen molar-refractivity contribution in [2.45, 2.75) is 38.3 Å². The van der Waals surface area contributed by atoms with Crippen LogP contribution in [0.15, 0.2) is 0 Å². The normalized spacial score (nSPS) is 34.4. The summed E-state index contributed by atoms with van der Waals surface area (Å²) in [6.07, 6.45) is 3.41. The van der Waals surface area contributed by atoms with Crippen molar-refractivity contribution in [1.82, 2.24) is 4.90 Å². The molecule has 1 heterocycles. The SMILES string of the molecule is CC(C1CC1)N(C)CC1COCCC1O. The van der Waals surface area contributed by atoms with Crippen LogP contribution in [0.5, 0.6) is 0 Å². The van der Waals surface area contributed by atoms with Crippen molar-refractivity contribution in [3.05, 3.63) is 0 Å². The molecule has 1 saturated carbocycles. The Balaban J connectivity index is 1.78. The van der Waals surface area contributed by atoms with Crippen molar-refractivity contribution in [2.75, 3.05) is 26.8 Å². The molecule has 0 aromatic carbocycles. The van der Waals surface area contributed by atoms with Crippen LogP contribution in [0.2, 0.25) is 0 Å². The average molecular weight is 213 g/mol. The summed E-state index contributed by atoms with van der Waals surface area (Å²) in [6.45, 7) is 4.72. The van der Waals surface area contributed by atoms with E-state index in [2.05, 4.69) is 18.9 Å². The Bertz CT molecular complexity index is 206. The summed E-state index contributed by atoms with van der Waals surface area (Å²) in [4.78, 5) is 2.39. The molecule has 3 heteroatoms. The Morgan fingerprint density at radius 3 is 2.73 bits per heavy atom. The maximum absolute atomic E-state index is 9.85. The second-order valence-electron chi connectivity index (χ2n) is 5.21. The first-order valence-electron chi connectivity index (χ1n) is 6.14. The predicted molar refractivity (Wildman–Crippen MR) is 59.7 cm³/mol. The molecule has 3 nitrogen and oxygen atoms in total. The summed E-state index contributed by atoms with van der Waals surface area (Å²) in [5, 5.41) is 9.85. The fourth-order valence-corrected chi connectivity index (χ4v) is 2.43. The van der Waals surface area contributed by atoms with Gasteiger partial charge in [-0.25, -0.2) is 0 Å². The minimum atomic E-state index is -0.160. The molecule has 2 fully saturated rings. The topological polar surface area (TPSA) is 32.7 Å². The van der Waals surface area contributed by atoms with Crippen molar-refractivity contribution >= 4 is 0 Å². The lowest BCUT2D eigenvalue weighted by Crippen LogP contribution is -2.43. The van der Waals surface area contributed by atoms with Crippen molar-refractivity contribution in [3.8, 4) is 0 Å². The molecule has 0 amide bonds. The number of aliphatic hydroxyl groups is 1. The molecule has 2 rings (SSSR count). The Morgan fingerprint density at radius 1 is 1.40 bits per heavy atom. The summed E-state index contributed by atoms with van der Waals surface area (Å²) in [7, 11) is 2.17. The van der Waals surface area contributed by atoms with Gasteiger partial charge in [-0.15, -0.1) is 0 Å². The van der Waals surface area contributed by atoms with Crippen molar-refractivity contribution in [2.24, 2.45) is 11.8 Å². The molecule has 1 saturated heterocycles. The molecule has 1 aliphatic heterocycles. The van der Waals surface area contributed by atoms with Crippen molar-refractivity contribution in [1.29, 1.82) is 0 Å². The molecule has 2 aliphatic rings. The first-order valence-corrected chi connectivity index (χ1v) is 6.14. The van der Waals surface area contributed by atoms with Crippen LogP contribution in [0.1, 0.15) is 26.2 Å². The van der Waals surface area contributed by atoms with Gasteiger partial charge in [-0.2, -0.15) is 0 Å². The third-order valence-corrected chi connectivity index (χ3v) is 3.96. The van der Waals surface area contributed by atoms with Gasteiger partial charge >= 0.3 is 0 Å². The number of ether oxygens (including phenoxy) is 1. The second kappa shape index (κ2) is 4.81. The molecule has 88 valence electrons. The van der Waals surface area contributed by atoms with Crippen LogP contribution in [0.4, 0.5) is 0 Å². The van der Waals surface area contributed by atoms with Gasteiger partial charge in [0, 0.05) is 25.1 Å². The van der Waals surface area contributed by atoms with Crippen molar-refractivity contribution in [3.63, 3.8) is 0 Å². The molecule has 0 bridgehead atoms. The molecule has 15 heavy (non-hydrogen) atoms. The van der Waals surface area contributed by atoms with Crippen LogP contribution in [0, 0.1) is 11.8 Å². The van der Waals surface area contributed by atoms with E-state index in [1.54, 1.807) is 0 Å². The Kier molecular flexibility index (Phi) is 3.65. The van der Waals surface area contributed by atoms with Gasteiger partial charge in [-0.1, -0.05) is 0 Å². The first kappa shape index (κ1) is 11.4. The molecule has 0 radical (unpaired) electrons. The number of nitrogens with zero attached hydrogens (tertiary/aromatic N) is 1. The minimum absolute atomic E-state index is 0.160. The largest absolute Gasteiger partial charge is 0.393 e. The molecule has 1 aliphatic carbocycles. The molecular formula is C12H23NO2. The van der Waals surface area contributed by atoms with Gasteiger partial charge in [0.15, 0.2) is 0 Å². The Morgan fingerprint density at radius 2 is 2.13 bits per heavy atom. The third-order valence-electron chi connectivity index (χ3n) is 3.96. The van der Waals surface area contributed by atoms with Crippen LogP contribution >= 0.6 is 0 Å². The molecular weight excluding hydrogens is 190 g/mol. The highest BCUT2D eigenvalue weighted by atomic mass is 16.5. The van der Waals surface area contributed by atoms with Crippen LogP contribution in [0.25, 0.3) is 0 Å². The zero-order chi connectivity index (χ0) is 10.8. The highest BCUT2D eigenvalue weighted by Crippen LogP contribution is 2.35.